The number of carboxylic acid groups (broad SMARTS) is 1. The fourth-order valence-corrected chi connectivity index (χ4v) is 4.24. The van der Waals surface area contributed by atoms with Crippen molar-refractivity contribution in [2.75, 3.05) is 0 Å². The molecule has 0 amide bonds. The highest BCUT2D eigenvalue weighted by atomic mass is 32.2. The molecule has 1 heterocycles. The summed E-state index contributed by atoms with van der Waals surface area (Å²) >= 11 is 0. The quantitative estimate of drug-likeness (QED) is 0.737. The van der Waals surface area contributed by atoms with Gasteiger partial charge in [-0.05, 0) is 23.8 Å². The minimum atomic E-state index is -3.72. The molecule has 0 spiro atoms. The SMILES string of the molecule is O=C(O)Cn1ccc(S(=O)(=O)c2ccccc2)c1Cc1ccccc1. The number of carbonyl (C=O) groups is 1. The van der Waals surface area contributed by atoms with E-state index in [2.05, 4.69) is 0 Å². The van der Waals surface area contributed by atoms with Gasteiger partial charge < -0.3 is 9.67 Å². The molecule has 0 atom stereocenters. The number of hydrogen-bond donors (Lipinski definition) is 1. The average Bonchev–Trinajstić information content (AvgIpc) is 2.99. The van der Waals surface area contributed by atoms with Crippen molar-refractivity contribution in [2.24, 2.45) is 0 Å². The largest absolute Gasteiger partial charge is 0.480 e. The van der Waals surface area contributed by atoms with E-state index in [9.17, 15) is 13.2 Å². The third-order valence-corrected chi connectivity index (χ3v) is 5.74. The minimum absolute atomic E-state index is 0.142. The number of carboxylic acids is 1. The van der Waals surface area contributed by atoms with E-state index in [1.807, 2.05) is 30.3 Å². The van der Waals surface area contributed by atoms with E-state index < -0.39 is 15.8 Å². The van der Waals surface area contributed by atoms with Crippen LogP contribution in [0.15, 0.2) is 82.7 Å². The molecule has 6 heteroatoms. The Morgan fingerprint density at radius 3 is 2.12 bits per heavy atom. The lowest BCUT2D eigenvalue weighted by atomic mass is 10.1. The fraction of sp³-hybridized carbons (Fsp3) is 0.105. The van der Waals surface area contributed by atoms with Crippen LogP contribution in [0.4, 0.5) is 0 Å². The summed E-state index contributed by atoms with van der Waals surface area (Å²) in [6, 6.07) is 19.0. The van der Waals surface area contributed by atoms with Crippen LogP contribution >= 0.6 is 0 Å². The van der Waals surface area contributed by atoms with Gasteiger partial charge in [-0.25, -0.2) is 8.42 Å². The number of benzene rings is 2. The van der Waals surface area contributed by atoms with Crippen LogP contribution in [0.5, 0.6) is 0 Å². The number of aromatic nitrogens is 1. The molecule has 0 aliphatic carbocycles. The van der Waals surface area contributed by atoms with Gasteiger partial charge in [0.05, 0.1) is 9.79 Å². The summed E-state index contributed by atoms with van der Waals surface area (Å²) in [4.78, 5) is 11.5. The van der Waals surface area contributed by atoms with Gasteiger partial charge in [0, 0.05) is 18.3 Å². The van der Waals surface area contributed by atoms with Crippen LogP contribution in [-0.4, -0.2) is 24.1 Å². The number of sulfone groups is 1. The smallest absolute Gasteiger partial charge is 0.323 e. The van der Waals surface area contributed by atoms with Crippen LogP contribution in [0.2, 0.25) is 0 Å². The van der Waals surface area contributed by atoms with Gasteiger partial charge in [0.1, 0.15) is 6.54 Å². The second-order valence-corrected chi connectivity index (χ2v) is 7.55. The molecule has 0 radical (unpaired) electrons. The number of rotatable bonds is 6. The monoisotopic (exact) mass is 355 g/mol. The highest BCUT2D eigenvalue weighted by molar-refractivity contribution is 7.91. The maximum atomic E-state index is 13.0. The molecule has 0 bridgehead atoms. The first kappa shape index (κ1) is 17.0. The maximum Gasteiger partial charge on any atom is 0.323 e. The fourth-order valence-electron chi connectivity index (χ4n) is 2.73. The summed E-state index contributed by atoms with van der Waals surface area (Å²) in [5.41, 5.74) is 1.38. The molecule has 0 unspecified atom stereocenters. The Kier molecular flexibility index (Phi) is 4.72. The molecule has 2 aromatic carbocycles. The van der Waals surface area contributed by atoms with Gasteiger partial charge in [-0.15, -0.1) is 0 Å². The summed E-state index contributed by atoms with van der Waals surface area (Å²) in [7, 11) is -3.72. The van der Waals surface area contributed by atoms with Gasteiger partial charge in [-0.3, -0.25) is 4.79 Å². The Morgan fingerprint density at radius 2 is 1.52 bits per heavy atom. The maximum absolute atomic E-state index is 13.0. The first-order valence-corrected chi connectivity index (χ1v) is 9.20. The average molecular weight is 355 g/mol. The van der Waals surface area contributed by atoms with E-state index in [1.165, 1.54) is 29.0 Å². The molecule has 1 N–H and O–H groups in total. The number of hydrogen-bond acceptors (Lipinski definition) is 3. The van der Waals surface area contributed by atoms with Crippen molar-refractivity contribution in [1.82, 2.24) is 4.57 Å². The molecule has 3 rings (SSSR count). The summed E-state index contributed by atoms with van der Waals surface area (Å²) in [5.74, 6) is -1.02. The van der Waals surface area contributed by atoms with Gasteiger partial charge in [-0.2, -0.15) is 0 Å². The predicted octanol–water partition coefficient (Wildman–Crippen LogP) is 3.00. The second-order valence-electron chi connectivity index (χ2n) is 5.63. The third kappa shape index (κ3) is 3.64. The van der Waals surface area contributed by atoms with Crippen molar-refractivity contribution >= 4 is 15.8 Å². The zero-order valence-electron chi connectivity index (χ0n) is 13.4. The van der Waals surface area contributed by atoms with E-state index in [1.54, 1.807) is 18.2 Å². The Labute approximate surface area is 146 Å². The Bertz CT molecular complexity index is 977. The zero-order valence-corrected chi connectivity index (χ0v) is 14.2. The molecule has 0 aliphatic rings. The van der Waals surface area contributed by atoms with Crippen molar-refractivity contribution in [1.29, 1.82) is 0 Å². The molecule has 0 saturated carbocycles. The van der Waals surface area contributed by atoms with Gasteiger partial charge in [-0.1, -0.05) is 48.5 Å². The van der Waals surface area contributed by atoms with E-state index >= 15 is 0 Å². The van der Waals surface area contributed by atoms with Gasteiger partial charge in [0.2, 0.25) is 9.84 Å². The van der Waals surface area contributed by atoms with Crippen molar-refractivity contribution in [3.8, 4) is 0 Å². The summed E-state index contributed by atoms with van der Waals surface area (Å²) in [6.07, 6.45) is 1.85. The molecule has 0 saturated heterocycles. The number of aliphatic carboxylic acids is 1. The molecule has 5 nitrogen and oxygen atoms in total. The highest BCUT2D eigenvalue weighted by Crippen LogP contribution is 2.27. The summed E-state index contributed by atoms with van der Waals surface area (Å²) in [5, 5.41) is 9.12. The molecule has 25 heavy (non-hydrogen) atoms. The van der Waals surface area contributed by atoms with Crippen molar-refractivity contribution < 1.29 is 18.3 Å². The molecule has 1 aromatic heterocycles. The van der Waals surface area contributed by atoms with Gasteiger partial charge in [0.15, 0.2) is 0 Å². The van der Waals surface area contributed by atoms with E-state index in [0.29, 0.717) is 12.1 Å². The molecule has 128 valence electrons. The third-order valence-electron chi connectivity index (χ3n) is 3.90. The topological polar surface area (TPSA) is 76.4 Å². The van der Waals surface area contributed by atoms with Crippen molar-refractivity contribution in [2.45, 2.75) is 22.8 Å². The molecule has 0 aliphatic heterocycles. The van der Waals surface area contributed by atoms with Crippen LogP contribution in [0.3, 0.4) is 0 Å². The van der Waals surface area contributed by atoms with Crippen LogP contribution in [-0.2, 0) is 27.6 Å². The standard InChI is InChI=1S/C19H17NO4S/c21-19(22)14-20-12-11-18(17(20)13-15-7-3-1-4-8-15)25(23,24)16-9-5-2-6-10-16/h1-12H,13-14H2,(H,21,22). The highest BCUT2D eigenvalue weighted by Gasteiger charge is 2.24. The Balaban J connectivity index is 2.10. The predicted molar refractivity (Wildman–Crippen MR) is 93.2 cm³/mol. The van der Waals surface area contributed by atoms with Crippen LogP contribution in [0.1, 0.15) is 11.3 Å². The van der Waals surface area contributed by atoms with Gasteiger partial charge in [0.25, 0.3) is 0 Å². The lowest BCUT2D eigenvalue weighted by molar-refractivity contribution is -0.137. The van der Waals surface area contributed by atoms with Crippen molar-refractivity contribution in [3.05, 3.63) is 84.2 Å². The first-order chi connectivity index (χ1) is 12.0. The Morgan fingerprint density at radius 1 is 0.920 bits per heavy atom. The van der Waals surface area contributed by atoms with E-state index in [-0.39, 0.29) is 16.3 Å². The van der Waals surface area contributed by atoms with Gasteiger partial charge >= 0.3 is 5.97 Å². The van der Waals surface area contributed by atoms with Crippen LogP contribution < -0.4 is 0 Å². The molecular formula is C19H17NO4S. The number of nitrogens with zero attached hydrogens (tertiary/aromatic N) is 1. The molecule has 0 fully saturated rings. The van der Waals surface area contributed by atoms with Crippen LogP contribution in [0.25, 0.3) is 0 Å². The zero-order chi connectivity index (χ0) is 17.9. The van der Waals surface area contributed by atoms with Crippen LogP contribution in [0, 0.1) is 0 Å². The first-order valence-electron chi connectivity index (χ1n) is 7.72. The normalized spacial score (nSPS) is 11.4. The lowest BCUT2D eigenvalue weighted by Gasteiger charge is -2.11. The second kappa shape index (κ2) is 6.94. The van der Waals surface area contributed by atoms with E-state index in [4.69, 9.17) is 5.11 Å². The summed E-state index contributed by atoms with van der Waals surface area (Å²) in [6.45, 7) is -0.285. The van der Waals surface area contributed by atoms with E-state index in [0.717, 1.165) is 5.56 Å². The Hall–Kier alpha value is -2.86. The lowest BCUT2D eigenvalue weighted by Crippen LogP contribution is -2.13. The molecular weight excluding hydrogens is 338 g/mol. The van der Waals surface area contributed by atoms with Crippen molar-refractivity contribution in [3.63, 3.8) is 0 Å². The summed E-state index contributed by atoms with van der Waals surface area (Å²) < 4.78 is 27.4. The molecule has 3 aromatic rings. The minimum Gasteiger partial charge on any atom is -0.480 e.